The molecule has 0 saturated carbocycles. The zero-order valence-corrected chi connectivity index (χ0v) is 21.7. The number of amidine groups is 1. The molecule has 36 heavy (non-hydrogen) atoms. The molecule has 1 aromatic heterocycles. The van der Waals surface area contributed by atoms with Gasteiger partial charge in [0.15, 0.2) is 0 Å². The van der Waals surface area contributed by atoms with Crippen molar-refractivity contribution in [1.29, 1.82) is 0 Å². The smallest absolute Gasteiger partial charge is 0.284 e. The lowest BCUT2D eigenvalue weighted by molar-refractivity contribution is -0.123. The predicted octanol–water partition coefficient (Wildman–Crippen LogP) is 2.81. The third kappa shape index (κ3) is 7.52. The van der Waals surface area contributed by atoms with Crippen LogP contribution in [-0.2, 0) is 11.3 Å². The van der Waals surface area contributed by atoms with Crippen molar-refractivity contribution < 1.29 is 14.3 Å². The van der Waals surface area contributed by atoms with Crippen LogP contribution in [0.5, 0.6) is 5.75 Å². The summed E-state index contributed by atoms with van der Waals surface area (Å²) in [6, 6.07) is 10.3. The van der Waals surface area contributed by atoms with Crippen LogP contribution in [0.4, 0.5) is 0 Å². The van der Waals surface area contributed by atoms with Crippen LogP contribution in [-0.4, -0.2) is 59.4 Å². The first-order valence-corrected chi connectivity index (χ1v) is 12.4. The summed E-state index contributed by atoms with van der Waals surface area (Å²) in [4.78, 5) is 45.4. The summed E-state index contributed by atoms with van der Waals surface area (Å²) >= 11 is 0. The van der Waals surface area contributed by atoms with Crippen molar-refractivity contribution in [2.45, 2.75) is 58.5 Å². The molecule has 0 bridgehead atoms. The number of piperidine rings is 1. The maximum atomic E-state index is 13.5. The number of aromatic nitrogens is 1. The summed E-state index contributed by atoms with van der Waals surface area (Å²) in [5.41, 5.74) is 5.99. The molecule has 0 atom stereocenters. The van der Waals surface area contributed by atoms with Gasteiger partial charge in [-0.25, -0.2) is 0 Å². The number of hydrogen-bond acceptors (Lipinski definition) is 5. The van der Waals surface area contributed by atoms with Crippen LogP contribution < -0.4 is 21.3 Å². The van der Waals surface area contributed by atoms with E-state index in [1.165, 1.54) is 17.1 Å². The van der Waals surface area contributed by atoms with Crippen molar-refractivity contribution in [2.75, 3.05) is 26.7 Å². The number of nitrogens with zero attached hydrogens (tertiary/aromatic N) is 3. The standard InChI is InChI=1S/C27H37N5O4/c1-27(2,3)30-24(33)18-32-22(19-9-8-10-20(17-19)36-4)12-11-21(26(32)35)25(34)29-23(28)13-16-31-14-6-5-7-15-31/h8-12,17H,5-7,13-16,18H2,1-4H3,(H,30,33)(H2,28,29,34). The van der Waals surface area contributed by atoms with Gasteiger partial charge in [0.1, 0.15) is 23.7 Å². The first-order chi connectivity index (χ1) is 17.1. The van der Waals surface area contributed by atoms with Gasteiger partial charge in [0, 0.05) is 24.1 Å². The minimum Gasteiger partial charge on any atom is -0.497 e. The lowest BCUT2D eigenvalue weighted by Crippen LogP contribution is -2.44. The van der Waals surface area contributed by atoms with E-state index in [0.717, 1.165) is 32.5 Å². The van der Waals surface area contributed by atoms with Gasteiger partial charge >= 0.3 is 0 Å². The monoisotopic (exact) mass is 495 g/mol. The number of nitrogens with two attached hydrogens (primary N) is 1. The van der Waals surface area contributed by atoms with E-state index in [4.69, 9.17) is 10.5 Å². The summed E-state index contributed by atoms with van der Waals surface area (Å²) in [6.07, 6.45) is 4.02. The first kappa shape index (κ1) is 27.1. The van der Waals surface area contributed by atoms with E-state index in [1.807, 2.05) is 26.8 Å². The molecule has 1 aliphatic heterocycles. The van der Waals surface area contributed by atoms with Gasteiger partial charge in [-0.3, -0.25) is 19.0 Å². The molecule has 2 aromatic rings. The number of rotatable bonds is 8. The molecule has 3 rings (SSSR count). The van der Waals surface area contributed by atoms with Gasteiger partial charge in [-0.15, -0.1) is 0 Å². The Morgan fingerprint density at radius 3 is 2.50 bits per heavy atom. The molecule has 1 aromatic carbocycles. The number of amides is 2. The average molecular weight is 496 g/mol. The van der Waals surface area contributed by atoms with Crippen LogP contribution >= 0.6 is 0 Å². The predicted molar refractivity (Wildman–Crippen MR) is 141 cm³/mol. The highest BCUT2D eigenvalue weighted by Gasteiger charge is 2.21. The van der Waals surface area contributed by atoms with Crippen molar-refractivity contribution in [1.82, 2.24) is 14.8 Å². The fourth-order valence-corrected chi connectivity index (χ4v) is 4.24. The molecule has 0 aliphatic carbocycles. The number of likely N-dealkylation sites (tertiary alicyclic amines) is 1. The Labute approximate surface area is 212 Å². The third-order valence-corrected chi connectivity index (χ3v) is 5.96. The highest BCUT2D eigenvalue weighted by Crippen LogP contribution is 2.23. The number of carbonyl (C=O) groups excluding carboxylic acids is 2. The number of ether oxygens (including phenoxy) is 1. The summed E-state index contributed by atoms with van der Waals surface area (Å²) in [5, 5.41) is 2.86. The van der Waals surface area contributed by atoms with Crippen LogP contribution in [0.15, 0.2) is 46.2 Å². The van der Waals surface area contributed by atoms with Gasteiger partial charge in [0.05, 0.1) is 12.8 Å². The van der Waals surface area contributed by atoms with E-state index in [1.54, 1.807) is 31.4 Å². The Morgan fingerprint density at radius 1 is 1.11 bits per heavy atom. The van der Waals surface area contributed by atoms with Crippen LogP contribution in [0.3, 0.4) is 0 Å². The molecule has 1 fully saturated rings. The Kier molecular flexibility index (Phi) is 9.03. The summed E-state index contributed by atoms with van der Waals surface area (Å²) < 4.78 is 6.60. The van der Waals surface area contributed by atoms with Crippen LogP contribution in [0.2, 0.25) is 0 Å². The van der Waals surface area contributed by atoms with Crippen LogP contribution in [0.25, 0.3) is 11.3 Å². The SMILES string of the molecule is COc1cccc(-c2ccc(C(=O)N=C(N)CCN3CCCCC3)c(=O)n2CC(=O)NC(C)(C)C)c1. The molecule has 2 heterocycles. The van der Waals surface area contributed by atoms with E-state index in [9.17, 15) is 14.4 Å². The Bertz CT molecular complexity index is 1170. The topological polar surface area (TPSA) is 119 Å². The highest BCUT2D eigenvalue weighted by molar-refractivity contribution is 6.02. The Hall–Kier alpha value is -3.46. The molecule has 2 amide bonds. The maximum absolute atomic E-state index is 13.5. The van der Waals surface area contributed by atoms with E-state index >= 15 is 0 Å². The van der Waals surface area contributed by atoms with Gasteiger partial charge in [-0.1, -0.05) is 18.6 Å². The normalized spacial score (nSPS) is 14.9. The van der Waals surface area contributed by atoms with Crippen LogP contribution in [0, 0.1) is 0 Å². The Morgan fingerprint density at radius 2 is 1.83 bits per heavy atom. The molecule has 9 nitrogen and oxygen atoms in total. The fraction of sp³-hybridized carbons (Fsp3) is 0.481. The average Bonchev–Trinajstić information content (AvgIpc) is 2.83. The van der Waals surface area contributed by atoms with Gasteiger partial charge in [0.2, 0.25) is 5.91 Å². The number of carbonyl (C=O) groups is 2. The fourth-order valence-electron chi connectivity index (χ4n) is 4.24. The second-order valence-electron chi connectivity index (χ2n) is 10.1. The first-order valence-electron chi connectivity index (χ1n) is 12.4. The van der Waals surface area contributed by atoms with E-state index < -0.39 is 17.0 Å². The lowest BCUT2D eigenvalue weighted by atomic mass is 10.1. The minimum atomic E-state index is -0.710. The van der Waals surface area contributed by atoms with Crippen molar-refractivity contribution in [3.05, 3.63) is 52.3 Å². The minimum absolute atomic E-state index is 0.133. The molecular formula is C27H37N5O4. The second kappa shape index (κ2) is 12.0. The quantitative estimate of drug-likeness (QED) is 0.429. The van der Waals surface area contributed by atoms with E-state index in [0.29, 0.717) is 23.4 Å². The molecule has 1 aliphatic rings. The van der Waals surface area contributed by atoms with Crippen molar-refractivity contribution in [2.24, 2.45) is 10.7 Å². The zero-order chi connectivity index (χ0) is 26.3. The number of aliphatic imine (C=N–C) groups is 1. The van der Waals surface area contributed by atoms with E-state index in [-0.39, 0.29) is 23.9 Å². The molecule has 1 saturated heterocycles. The number of nitrogens with one attached hydrogen (secondary N) is 1. The van der Waals surface area contributed by atoms with Crippen LogP contribution in [0.1, 0.15) is 56.8 Å². The number of methoxy groups -OCH3 is 1. The zero-order valence-electron chi connectivity index (χ0n) is 21.7. The van der Waals surface area contributed by atoms with Crippen molar-refractivity contribution in [3.63, 3.8) is 0 Å². The number of hydrogen-bond donors (Lipinski definition) is 2. The third-order valence-electron chi connectivity index (χ3n) is 5.96. The lowest BCUT2D eigenvalue weighted by Gasteiger charge is -2.26. The van der Waals surface area contributed by atoms with Gasteiger partial charge in [-0.05, 0) is 71.0 Å². The summed E-state index contributed by atoms with van der Waals surface area (Å²) in [7, 11) is 1.55. The second-order valence-corrected chi connectivity index (χ2v) is 10.1. The van der Waals surface area contributed by atoms with Gasteiger partial charge < -0.3 is 20.7 Å². The van der Waals surface area contributed by atoms with Crippen molar-refractivity contribution in [3.8, 4) is 17.0 Å². The maximum Gasteiger partial charge on any atom is 0.284 e. The number of benzene rings is 1. The molecule has 0 spiro atoms. The van der Waals surface area contributed by atoms with Gasteiger partial charge in [-0.2, -0.15) is 4.99 Å². The molecule has 9 heteroatoms. The summed E-state index contributed by atoms with van der Waals surface area (Å²) in [5.74, 6) is -0.253. The van der Waals surface area contributed by atoms with Gasteiger partial charge in [0.25, 0.3) is 11.5 Å². The number of pyridine rings is 1. The largest absolute Gasteiger partial charge is 0.497 e. The highest BCUT2D eigenvalue weighted by atomic mass is 16.5. The molecule has 3 N–H and O–H groups in total. The molecular weight excluding hydrogens is 458 g/mol. The molecule has 194 valence electrons. The molecule has 0 radical (unpaired) electrons. The Balaban J connectivity index is 1.91. The summed E-state index contributed by atoms with van der Waals surface area (Å²) in [6.45, 7) is 8.10. The molecule has 0 unspecified atom stereocenters. The van der Waals surface area contributed by atoms with E-state index in [2.05, 4.69) is 15.2 Å². The van der Waals surface area contributed by atoms with Crippen molar-refractivity contribution >= 4 is 17.6 Å².